The van der Waals surface area contributed by atoms with E-state index in [0.29, 0.717) is 23.7 Å². The van der Waals surface area contributed by atoms with E-state index in [2.05, 4.69) is 47.6 Å². The van der Waals surface area contributed by atoms with Gasteiger partial charge in [-0.1, -0.05) is 23.7 Å². The maximum Gasteiger partial charge on any atom is 0.251 e. The Kier molecular flexibility index (Phi) is 7.67. The van der Waals surface area contributed by atoms with Crippen molar-refractivity contribution in [3.05, 3.63) is 64.7 Å². The van der Waals surface area contributed by atoms with Crippen LogP contribution in [-0.4, -0.2) is 37.5 Å². The lowest BCUT2D eigenvalue weighted by molar-refractivity contribution is -0.122. The van der Waals surface area contributed by atoms with Gasteiger partial charge in [-0.25, -0.2) is 0 Å². The first kappa shape index (κ1) is 20.8. The van der Waals surface area contributed by atoms with Crippen LogP contribution in [0.25, 0.3) is 0 Å². The SMILES string of the molecule is CCN(CCNC(=O)C(C)NC(=O)c1ccc(Cl)cc1)c1cccc(C)c1. The maximum atomic E-state index is 12.3. The van der Waals surface area contributed by atoms with E-state index in [1.165, 1.54) is 5.56 Å². The van der Waals surface area contributed by atoms with Crippen molar-refractivity contribution >= 4 is 29.1 Å². The molecule has 144 valence electrons. The average molecular weight is 388 g/mol. The minimum atomic E-state index is -0.623. The molecule has 0 spiro atoms. The van der Waals surface area contributed by atoms with Crippen LogP contribution in [0.2, 0.25) is 5.02 Å². The van der Waals surface area contributed by atoms with Gasteiger partial charge in [0.15, 0.2) is 0 Å². The third-order valence-corrected chi connectivity index (χ3v) is 4.53. The largest absolute Gasteiger partial charge is 0.370 e. The van der Waals surface area contributed by atoms with Gasteiger partial charge in [0.2, 0.25) is 5.91 Å². The lowest BCUT2D eigenvalue weighted by Crippen LogP contribution is -2.46. The Labute approximate surface area is 165 Å². The maximum absolute atomic E-state index is 12.3. The Bertz CT molecular complexity index is 777. The third kappa shape index (κ3) is 6.29. The summed E-state index contributed by atoms with van der Waals surface area (Å²) in [5.74, 6) is -0.512. The summed E-state index contributed by atoms with van der Waals surface area (Å²) in [6.07, 6.45) is 0. The second-order valence-corrected chi connectivity index (χ2v) is 6.85. The molecule has 1 atom stereocenters. The molecule has 2 amide bonds. The smallest absolute Gasteiger partial charge is 0.251 e. The Morgan fingerprint density at radius 2 is 1.85 bits per heavy atom. The molecule has 27 heavy (non-hydrogen) atoms. The molecule has 0 aliphatic carbocycles. The number of hydrogen-bond acceptors (Lipinski definition) is 3. The summed E-state index contributed by atoms with van der Waals surface area (Å²) in [4.78, 5) is 26.6. The van der Waals surface area contributed by atoms with Gasteiger partial charge in [-0.15, -0.1) is 0 Å². The van der Waals surface area contributed by atoms with Crippen molar-refractivity contribution in [2.24, 2.45) is 0 Å². The van der Waals surface area contributed by atoms with E-state index >= 15 is 0 Å². The first-order chi connectivity index (χ1) is 12.9. The average Bonchev–Trinajstić information content (AvgIpc) is 2.65. The zero-order chi connectivity index (χ0) is 19.8. The van der Waals surface area contributed by atoms with E-state index in [9.17, 15) is 9.59 Å². The monoisotopic (exact) mass is 387 g/mol. The summed E-state index contributed by atoms with van der Waals surface area (Å²) in [6.45, 7) is 7.86. The highest BCUT2D eigenvalue weighted by Crippen LogP contribution is 2.15. The number of carbonyl (C=O) groups excluding carboxylic acids is 2. The number of amides is 2. The molecule has 1 unspecified atom stereocenters. The fourth-order valence-corrected chi connectivity index (χ4v) is 2.83. The number of carbonyl (C=O) groups is 2. The van der Waals surface area contributed by atoms with E-state index < -0.39 is 6.04 Å². The predicted octanol–water partition coefficient (Wildman–Crippen LogP) is 3.41. The van der Waals surface area contributed by atoms with Gasteiger partial charge in [-0.3, -0.25) is 9.59 Å². The second kappa shape index (κ2) is 9.97. The zero-order valence-corrected chi connectivity index (χ0v) is 16.7. The number of likely N-dealkylation sites (N-methyl/N-ethyl adjacent to an activating group) is 1. The van der Waals surface area contributed by atoms with Gasteiger partial charge >= 0.3 is 0 Å². The summed E-state index contributed by atoms with van der Waals surface area (Å²) >= 11 is 5.82. The third-order valence-electron chi connectivity index (χ3n) is 4.28. The zero-order valence-electron chi connectivity index (χ0n) is 16.0. The fraction of sp³-hybridized carbons (Fsp3) is 0.333. The molecule has 2 aromatic rings. The highest BCUT2D eigenvalue weighted by Gasteiger charge is 2.16. The Balaban J connectivity index is 1.81. The molecule has 0 saturated carbocycles. The van der Waals surface area contributed by atoms with Gasteiger partial charge in [-0.05, 0) is 62.7 Å². The van der Waals surface area contributed by atoms with Crippen molar-refractivity contribution in [2.45, 2.75) is 26.8 Å². The van der Waals surface area contributed by atoms with Crippen LogP contribution < -0.4 is 15.5 Å². The van der Waals surface area contributed by atoms with Crippen LogP contribution in [0.15, 0.2) is 48.5 Å². The summed E-state index contributed by atoms with van der Waals surface area (Å²) in [5, 5.41) is 6.14. The van der Waals surface area contributed by atoms with Crippen molar-refractivity contribution < 1.29 is 9.59 Å². The van der Waals surface area contributed by atoms with Crippen molar-refractivity contribution in [1.29, 1.82) is 0 Å². The number of anilines is 1. The molecule has 6 heteroatoms. The van der Waals surface area contributed by atoms with E-state index in [-0.39, 0.29) is 11.8 Å². The van der Waals surface area contributed by atoms with Gasteiger partial charge < -0.3 is 15.5 Å². The predicted molar refractivity (Wildman–Crippen MR) is 110 cm³/mol. The summed E-state index contributed by atoms with van der Waals surface area (Å²) in [6, 6.07) is 14.2. The number of halogens is 1. The lowest BCUT2D eigenvalue weighted by atomic mass is 10.2. The van der Waals surface area contributed by atoms with E-state index in [1.807, 2.05) is 6.07 Å². The van der Waals surface area contributed by atoms with Crippen molar-refractivity contribution in [1.82, 2.24) is 10.6 Å². The normalized spacial score (nSPS) is 11.6. The molecule has 2 aromatic carbocycles. The number of nitrogens with zero attached hydrogens (tertiary/aromatic N) is 1. The Morgan fingerprint density at radius 3 is 2.48 bits per heavy atom. The van der Waals surface area contributed by atoms with Gasteiger partial charge in [0.25, 0.3) is 5.91 Å². The molecule has 2 rings (SSSR count). The first-order valence-corrected chi connectivity index (χ1v) is 9.44. The van der Waals surface area contributed by atoms with Crippen molar-refractivity contribution in [3.63, 3.8) is 0 Å². The molecule has 2 N–H and O–H groups in total. The molecule has 0 bridgehead atoms. The van der Waals surface area contributed by atoms with Crippen LogP contribution in [0.5, 0.6) is 0 Å². The Hall–Kier alpha value is -2.53. The number of nitrogens with one attached hydrogen (secondary N) is 2. The highest BCUT2D eigenvalue weighted by atomic mass is 35.5. The van der Waals surface area contributed by atoms with Gasteiger partial charge in [0.05, 0.1) is 0 Å². The number of hydrogen-bond donors (Lipinski definition) is 2. The minimum absolute atomic E-state index is 0.211. The topological polar surface area (TPSA) is 61.4 Å². The van der Waals surface area contributed by atoms with Crippen molar-refractivity contribution in [2.75, 3.05) is 24.5 Å². The number of aryl methyl sites for hydroxylation is 1. The number of benzene rings is 2. The number of rotatable bonds is 8. The van der Waals surface area contributed by atoms with E-state index in [4.69, 9.17) is 11.6 Å². The fourth-order valence-electron chi connectivity index (χ4n) is 2.71. The molecule has 0 saturated heterocycles. The van der Waals surface area contributed by atoms with Gasteiger partial charge in [0.1, 0.15) is 6.04 Å². The Morgan fingerprint density at radius 1 is 1.15 bits per heavy atom. The quantitative estimate of drug-likeness (QED) is 0.729. The van der Waals surface area contributed by atoms with Crippen molar-refractivity contribution in [3.8, 4) is 0 Å². The molecule has 0 radical (unpaired) electrons. The first-order valence-electron chi connectivity index (χ1n) is 9.06. The molecule has 5 nitrogen and oxygen atoms in total. The van der Waals surface area contributed by atoms with Crippen LogP contribution in [0.1, 0.15) is 29.8 Å². The van der Waals surface area contributed by atoms with E-state index in [0.717, 1.165) is 12.2 Å². The van der Waals surface area contributed by atoms with Gasteiger partial charge in [0, 0.05) is 35.9 Å². The van der Waals surface area contributed by atoms with Crippen LogP contribution in [-0.2, 0) is 4.79 Å². The second-order valence-electron chi connectivity index (χ2n) is 6.41. The molecule has 0 aromatic heterocycles. The summed E-state index contributed by atoms with van der Waals surface area (Å²) < 4.78 is 0. The highest BCUT2D eigenvalue weighted by molar-refractivity contribution is 6.30. The van der Waals surface area contributed by atoms with Crippen LogP contribution >= 0.6 is 11.6 Å². The summed E-state index contributed by atoms with van der Waals surface area (Å²) in [7, 11) is 0. The molecule has 0 aliphatic heterocycles. The molecule has 0 heterocycles. The van der Waals surface area contributed by atoms with Crippen LogP contribution in [0, 0.1) is 6.92 Å². The lowest BCUT2D eigenvalue weighted by Gasteiger charge is -2.24. The summed E-state index contributed by atoms with van der Waals surface area (Å²) in [5.41, 5.74) is 2.81. The minimum Gasteiger partial charge on any atom is -0.370 e. The van der Waals surface area contributed by atoms with E-state index in [1.54, 1.807) is 31.2 Å². The van der Waals surface area contributed by atoms with Crippen LogP contribution in [0.4, 0.5) is 5.69 Å². The molecular formula is C21H26ClN3O2. The molecular weight excluding hydrogens is 362 g/mol. The van der Waals surface area contributed by atoms with Crippen LogP contribution in [0.3, 0.4) is 0 Å². The standard InChI is InChI=1S/C21H26ClN3O2/c1-4-25(19-7-5-6-15(2)14-19)13-12-23-20(26)16(3)24-21(27)17-8-10-18(22)11-9-17/h5-11,14,16H,4,12-13H2,1-3H3,(H,23,26)(H,24,27). The molecule has 0 fully saturated rings. The molecule has 0 aliphatic rings. The van der Waals surface area contributed by atoms with Gasteiger partial charge in [-0.2, -0.15) is 0 Å².